The van der Waals surface area contributed by atoms with Crippen molar-refractivity contribution in [3.63, 3.8) is 0 Å². The number of benzene rings is 3. The molecular formula is C27H25Ti. The summed E-state index contributed by atoms with van der Waals surface area (Å²) in [7, 11) is 0. The Hall–Kier alpha value is -2.15. The Morgan fingerprint density at radius 2 is 1.39 bits per heavy atom. The maximum atomic E-state index is 2.41. The van der Waals surface area contributed by atoms with Gasteiger partial charge in [-0.2, -0.15) is 0 Å². The fourth-order valence-corrected chi connectivity index (χ4v) is 5.09. The fraction of sp³-hybridized carbons (Fsp3) is 0.185. The van der Waals surface area contributed by atoms with Crippen molar-refractivity contribution >= 4 is 0 Å². The SMILES string of the molecule is Cc1cccc([C]([Ti])(C2=C(Cc3ccccc3)C=CC2)c2cccc(C)c2)c1. The van der Waals surface area contributed by atoms with Crippen LogP contribution in [0.2, 0.25) is 0 Å². The van der Waals surface area contributed by atoms with E-state index in [1.54, 1.807) is 0 Å². The fourth-order valence-electron chi connectivity index (χ4n) is 4.20. The summed E-state index contributed by atoms with van der Waals surface area (Å²) in [5, 5.41) is 0. The number of aryl methyl sites for hydroxylation is 2. The number of allylic oxidation sites excluding steroid dienone is 4. The van der Waals surface area contributed by atoms with E-state index in [1.807, 2.05) is 0 Å². The zero-order chi connectivity index (χ0) is 19.6. The first-order chi connectivity index (χ1) is 13.6. The van der Waals surface area contributed by atoms with E-state index in [4.69, 9.17) is 0 Å². The minimum atomic E-state index is -0.133. The van der Waals surface area contributed by atoms with Gasteiger partial charge < -0.3 is 0 Å². The van der Waals surface area contributed by atoms with Crippen molar-refractivity contribution in [1.82, 2.24) is 0 Å². The van der Waals surface area contributed by atoms with E-state index >= 15 is 0 Å². The van der Waals surface area contributed by atoms with Gasteiger partial charge in [-0.15, -0.1) is 0 Å². The molecule has 0 N–H and O–H groups in total. The predicted octanol–water partition coefficient (Wildman–Crippen LogP) is 6.59. The molecule has 0 aromatic heterocycles. The molecule has 1 aliphatic carbocycles. The summed E-state index contributed by atoms with van der Waals surface area (Å²) in [6, 6.07) is 28.9. The molecule has 0 amide bonds. The molecule has 0 bridgehead atoms. The van der Waals surface area contributed by atoms with E-state index in [2.05, 4.69) is 125 Å². The molecule has 0 saturated carbocycles. The molecule has 0 nitrogen and oxygen atoms in total. The summed E-state index contributed by atoms with van der Waals surface area (Å²) in [4.78, 5) is 0. The molecule has 4 rings (SSSR count). The molecule has 0 radical (unpaired) electrons. The Morgan fingerprint density at radius 3 is 1.96 bits per heavy atom. The van der Waals surface area contributed by atoms with Crippen molar-refractivity contribution in [2.45, 2.75) is 30.4 Å². The Balaban J connectivity index is 1.89. The van der Waals surface area contributed by atoms with E-state index in [0.29, 0.717) is 0 Å². The Kier molecular flexibility index (Phi) is 5.53. The van der Waals surface area contributed by atoms with Crippen molar-refractivity contribution in [2.75, 3.05) is 0 Å². The van der Waals surface area contributed by atoms with Gasteiger partial charge in [-0.05, 0) is 0 Å². The van der Waals surface area contributed by atoms with E-state index in [1.165, 1.54) is 39.0 Å². The Labute approximate surface area is 180 Å². The van der Waals surface area contributed by atoms with Gasteiger partial charge in [-0.1, -0.05) is 0 Å². The van der Waals surface area contributed by atoms with Gasteiger partial charge in [0.05, 0.1) is 0 Å². The molecule has 0 unspecified atom stereocenters. The second kappa shape index (κ2) is 8.07. The molecule has 0 atom stereocenters. The summed E-state index contributed by atoms with van der Waals surface area (Å²) >= 11 is 2.41. The Morgan fingerprint density at radius 1 is 0.786 bits per heavy atom. The van der Waals surface area contributed by atoms with Crippen LogP contribution in [0.3, 0.4) is 0 Å². The van der Waals surface area contributed by atoms with Crippen LogP contribution in [0.25, 0.3) is 0 Å². The van der Waals surface area contributed by atoms with Crippen LogP contribution in [0.4, 0.5) is 0 Å². The summed E-state index contributed by atoms with van der Waals surface area (Å²) < 4.78 is -0.133. The van der Waals surface area contributed by atoms with Crippen LogP contribution < -0.4 is 0 Å². The summed E-state index contributed by atoms with van der Waals surface area (Å²) in [5.41, 5.74) is 9.73. The third kappa shape index (κ3) is 3.72. The van der Waals surface area contributed by atoms with Crippen molar-refractivity contribution in [3.05, 3.63) is 130 Å². The number of hydrogen-bond donors (Lipinski definition) is 0. The zero-order valence-electron chi connectivity index (χ0n) is 16.6. The first-order valence-corrected chi connectivity index (χ1v) is 10.7. The monoisotopic (exact) mass is 397 g/mol. The summed E-state index contributed by atoms with van der Waals surface area (Å²) in [6.45, 7) is 4.37. The van der Waals surface area contributed by atoms with Crippen LogP contribution in [0.5, 0.6) is 0 Å². The van der Waals surface area contributed by atoms with Crippen molar-refractivity contribution in [1.29, 1.82) is 0 Å². The molecule has 137 valence electrons. The molecule has 0 heterocycles. The topological polar surface area (TPSA) is 0 Å². The minimum absolute atomic E-state index is 0.133. The second-order valence-electron chi connectivity index (χ2n) is 7.76. The Bertz CT molecular complexity index is 995. The maximum absolute atomic E-state index is 2.41. The average Bonchev–Trinajstić information content (AvgIpc) is 3.17. The molecule has 1 heteroatoms. The van der Waals surface area contributed by atoms with E-state index < -0.39 is 0 Å². The van der Waals surface area contributed by atoms with Crippen LogP contribution in [-0.4, -0.2) is 0 Å². The molecule has 0 aliphatic heterocycles. The number of rotatable bonds is 5. The molecular weight excluding hydrogens is 372 g/mol. The van der Waals surface area contributed by atoms with Crippen LogP contribution in [0.1, 0.15) is 34.2 Å². The zero-order valence-corrected chi connectivity index (χ0v) is 18.1. The molecule has 0 spiro atoms. The molecule has 1 aliphatic rings. The van der Waals surface area contributed by atoms with Gasteiger partial charge in [0.1, 0.15) is 0 Å². The molecule has 0 fully saturated rings. The standard InChI is InChI=1S/C27H25.Ti/c1-20-9-6-14-24(17-20)27(25-15-7-10-21(2)18-25)26-16-8-13-23(26)19-22-11-4-3-5-12-22;/h3-15,17-18H,16,19H2,1-2H3;. The average molecular weight is 397 g/mol. The first kappa shape index (κ1) is 19.2. The molecule has 0 saturated heterocycles. The van der Waals surface area contributed by atoms with E-state index in [9.17, 15) is 0 Å². The van der Waals surface area contributed by atoms with Crippen LogP contribution >= 0.6 is 0 Å². The van der Waals surface area contributed by atoms with Gasteiger partial charge in [0, 0.05) is 0 Å². The van der Waals surface area contributed by atoms with E-state index in [0.717, 1.165) is 12.8 Å². The van der Waals surface area contributed by atoms with Crippen molar-refractivity contribution in [2.24, 2.45) is 0 Å². The first-order valence-electron chi connectivity index (χ1n) is 9.89. The van der Waals surface area contributed by atoms with Crippen molar-refractivity contribution in [3.8, 4) is 0 Å². The van der Waals surface area contributed by atoms with Gasteiger partial charge in [-0.3, -0.25) is 0 Å². The van der Waals surface area contributed by atoms with Crippen LogP contribution in [-0.2, 0) is 30.6 Å². The summed E-state index contributed by atoms with van der Waals surface area (Å²) in [5.74, 6) is 0. The molecule has 28 heavy (non-hydrogen) atoms. The third-order valence-electron chi connectivity index (χ3n) is 5.62. The third-order valence-corrected chi connectivity index (χ3v) is 6.99. The summed E-state index contributed by atoms with van der Waals surface area (Å²) in [6.07, 6.45) is 6.67. The van der Waals surface area contributed by atoms with Gasteiger partial charge in [0.15, 0.2) is 0 Å². The van der Waals surface area contributed by atoms with Crippen molar-refractivity contribution < 1.29 is 20.4 Å². The number of hydrogen-bond acceptors (Lipinski definition) is 0. The van der Waals surface area contributed by atoms with Crippen LogP contribution in [0.15, 0.2) is 102 Å². The van der Waals surface area contributed by atoms with Crippen LogP contribution in [0, 0.1) is 13.8 Å². The van der Waals surface area contributed by atoms with Gasteiger partial charge >= 0.3 is 181 Å². The quantitative estimate of drug-likeness (QED) is 0.426. The van der Waals surface area contributed by atoms with E-state index in [-0.39, 0.29) is 3.72 Å². The molecule has 3 aromatic rings. The van der Waals surface area contributed by atoms with Gasteiger partial charge in [-0.25, -0.2) is 0 Å². The normalized spacial score (nSPS) is 13.9. The second-order valence-corrected chi connectivity index (χ2v) is 8.93. The predicted molar refractivity (Wildman–Crippen MR) is 114 cm³/mol. The van der Waals surface area contributed by atoms with Gasteiger partial charge in [0.25, 0.3) is 0 Å². The molecule has 3 aromatic carbocycles. The van der Waals surface area contributed by atoms with Gasteiger partial charge in [0.2, 0.25) is 0 Å².